The highest BCUT2D eigenvalue weighted by molar-refractivity contribution is 9.10. The van der Waals surface area contributed by atoms with Gasteiger partial charge in [-0.05, 0) is 55.8 Å². The van der Waals surface area contributed by atoms with Gasteiger partial charge >= 0.3 is 0 Å². The lowest BCUT2D eigenvalue weighted by atomic mass is 10.1. The van der Waals surface area contributed by atoms with Gasteiger partial charge in [0.2, 0.25) is 0 Å². The molecule has 1 aromatic carbocycles. The summed E-state index contributed by atoms with van der Waals surface area (Å²) in [4.78, 5) is 31.6. The summed E-state index contributed by atoms with van der Waals surface area (Å²) >= 11 is 9.64. The van der Waals surface area contributed by atoms with Crippen LogP contribution >= 0.6 is 27.5 Å². The number of aromatic nitrogens is 2. The number of carbonyl (C=O) groups is 2. The summed E-state index contributed by atoms with van der Waals surface area (Å²) in [7, 11) is 0. The summed E-state index contributed by atoms with van der Waals surface area (Å²) in [5.41, 5.74) is 2.48. The lowest BCUT2D eigenvalue weighted by Crippen LogP contribution is -2.44. The largest absolute Gasteiger partial charge is 0.477 e. The van der Waals surface area contributed by atoms with Crippen LogP contribution in [0.25, 0.3) is 5.65 Å². The molecular formula is C22H21BrClFN4O3. The number of carbonyl (C=O) groups excluding carboxylic acids is 2. The van der Waals surface area contributed by atoms with Crippen molar-refractivity contribution in [3.63, 3.8) is 0 Å². The average Bonchev–Trinajstić information content (AvgIpc) is 3.00. The fraction of sp³-hybridized carbons (Fsp3) is 0.318. The van der Waals surface area contributed by atoms with Gasteiger partial charge in [0.15, 0.2) is 11.9 Å². The van der Waals surface area contributed by atoms with Crippen molar-refractivity contribution in [2.75, 3.05) is 4.90 Å². The number of amides is 2. The number of pyridine rings is 1. The van der Waals surface area contributed by atoms with Crippen LogP contribution in [0.5, 0.6) is 5.75 Å². The van der Waals surface area contributed by atoms with Crippen LogP contribution in [0.4, 0.5) is 10.1 Å². The van der Waals surface area contributed by atoms with Crippen molar-refractivity contribution in [1.29, 1.82) is 0 Å². The Balaban J connectivity index is 1.82. The second kappa shape index (κ2) is 8.37. The van der Waals surface area contributed by atoms with Crippen LogP contribution < -0.4 is 15.0 Å². The standard InChI is InChI=1S/C22H21BrClFN4O3/c1-10(2)26-21(30)13-5-15(24)20-17(6-13)29(22(31)12(4)32-20)9-18-11(3)27-19-7-16(25)14(23)8-28(18)19/h5-8,10,12H,9H2,1-4H3,(H,26,30). The summed E-state index contributed by atoms with van der Waals surface area (Å²) in [6.45, 7) is 7.28. The van der Waals surface area contributed by atoms with E-state index in [0.29, 0.717) is 34.0 Å². The predicted molar refractivity (Wildman–Crippen MR) is 123 cm³/mol. The maximum atomic E-state index is 14.0. The Morgan fingerprint density at radius 2 is 2.09 bits per heavy atom. The molecular weight excluding hydrogens is 503 g/mol. The highest BCUT2D eigenvalue weighted by Crippen LogP contribution is 2.42. The van der Waals surface area contributed by atoms with Gasteiger partial charge in [0.1, 0.15) is 11.5 Å². The van der Waals surface area contributed by atoms with Gasteiger partial charge in [-0.1, -0.05) is 11.6 Å². The van der Waals surface area contributed by atoms with E-state index in [1.807, 2.05) is 13.8 Å². The van der Waals surface area contributed by atoms with Gasteiger partial charge in [-0.25, -0.2) is 9.37 Å². The Labute approximate surface area is 197 Å². The van der Waals surface area contributed by atoms with Crippen LogP contribution in [0, 0.1) is 12.7 Å². The molecule has 0 fully saturated rings. The molecule has 0 radical (unpaired) electrons. The van der Waals surface area contributed by atoms with E-state index < -0.39 is 11.9 Å². The van der Waals surface area contributed by atoms with E-state index in [1.54, 1.807) is 30.5 Å². The molecule has 3 heterocycles. The number of imidazole rings is 1. The fourth-order valence-electron chi connectivity index (χ4n) is 3.65. The first-order valence-electron chi connectivity index (χ1n) is 10.0. The first kappa shape index (κ1) is 22.5. The number of halogens is 3. The molecule has 10 heteroatoms. The highest BCUT2D eigenvalue weighted by atomic mass is 79.9. The van der Waals surface area contributed by atoms with Crippen molar-refractivity contribution >= 4 is 50.7 Å². The fourth-order valence-corrected chi connectivity index (χ4v) is 4.23. The molecule has 1 aliphatic heterocycles. The van der Waals surface area contributed by atoms with E-state index >= 15 is 0 Å². The number of hydrogen-bond donors (Lipinski definition) is 1. The van der Waals surface area contributed by atoms with Gasteiger partial charge < -0.3 is 14.5 Å². The minimum Gasteiger partial charge on any atom is -0.477 e. The summed E-state index contributed by atoms with van der Waals surface area (Å²) in [5, 5.41) is 3.06. The van der Waals surface area contributed by atoms with E-state index in [2.05, 4.69) is 26.2 Å². The molecule has 2 aromatic heterocycles. The molecule has 1 atom stereocenters. The number of ether oxygens (including phenoxy) is 1. The second-order valence-corrected chi connectivity index (χ2v) is 9.22. The Morgan fingerprint density at radius 1 is 1.38 bits per heavy atom. The van der Waals surface area contributed by atoms with Crippen molar-refractivity contribution in [2.45, 2.75) is 46.4 Å². The van der Waals surface area contributed by atoms with Crippen LogP contribution in [-0.2, 0) is 11.3 Å². The topological polar surface area (TPSA) is 75.9 Å². The van der Waals surface area contributed by atoms with Crippen molar-refractivity contribution in [3.05, 3.63) is 56.7 Å². The van der Waals surface area contributed by atoms with Gasteiger partial charge in [-0.3, -0.25) is 14.5 Å². The Kier molecular flexibility index (Phi) is 5.89. The SMILES string of the molecule is Cc1nc2cc(F)c(Br)cn2c1CN1C(=O)C(C)Oc2c(Cl)cc(C(=O)NC(C)C)cc21. The monoisotopic (exact) mass is 522 g/mol. The number of hydrogen-bond acceptors (Lipinski definition) is 4. The molecule has 0 aliphatic carbocycles. The normalized spacial score (nSPS) is 15.8. The zero-order valence-corrected chi connectivity index (χ0v) is 20.2. The molecule has 2 amide bonds. The molecule has 0 spiro atoms. The van der Waals surface area contributed by atoms with Crippen LogP contribution in [0.2, 0.25) is 5.02 Å². The van der Waals surface area contributed by atoms with Gasteiger partial charge in [0, 0.05) is 23.9 Å². The Hall–Kier alpha value is -2.65. The third-order valence-corrected chi connectivity index (χ3v) is 6.04. The third kappa shape index (κ3) is 3.95. The molecule has 0 saturated carbocycles. The summed E-state index contributed by atoms with van der Waals surface area (Å²) in [6, 6.07) is 4.38. The number of aryl methyl sites for hydroxylation is 1. The Bertz CT molecular complexity index is 1260. The molecule has 1 unspecified atom stereocenters. The molecule has 3 aromatic rings. The second-order valence-electron chi connectivity index (χ2n) is 7.96. The lowest BCUT2D eigenvalue weighted by Gasteiger charge is -2.34. The van der Waals surface area contributed by atoms with Crippen LogP contribution in [-0.4, -0.2) is 33.3 Å². The number of anilines is 1. The molecule has 1 N–H and O–H groups in total. The van der Waals surface area contributed by atoms with Crippen molar-refractivity contribution in [3.8, 4) is 5.75 Å². The van der Waals surface area contributed by atoms with E-state index in [9.17, 15) is 14.0 Å². The Morgan fingerprint density at radius 3 is 2.78 bits per heavy atom. The molecule has 0 bridgehead atoms. The minimum absolute atomic E-state index is 0.0639. The number of rotatable bonds is 4. The third-order valence-electron chi connectivity index (χ3n) is 5.18. The maximum absolute atomic E-state index is 14.0. The van der Waals surface area contributed by atoms with Crippen molar-refractivity contribution in [2.24, 2.45) is 0 Å². The molecule has 32 heavy (non-hydrogen) atoms. The highest BCUT2D eigenvalue weighted by Gasteiger charge is 2.35. The molecule has 0 saturated heterocycles. The van der Waals surface area contributed by atoms with E-state index in [4.69, 9.17) is 16.3 Å². The number of nitrogens with one attached hydrogen (secondary N) is 1. The van der Waals surface area contributed by atoms with Gasteiger partial charge in [0.25, 0.3) is 11.8 Å². The number of fused-ring (bicyclic) bond motifs is 2. The predicted octanol–water partition coefficient (Wildman–Crippen LogP) is 4.65. The molecule has 168 valence electrons. The maximum Gasteiger partial charge on any atom is 0.268 e. The summed E-state index contributed by atoms with van der Waals surface area (Å²) in [6.07, 6.45) is 0.813. The van der Waals surface area contributed by atoms with Crippen LogP contribution in [0.15, 0.2) is 28.9 Å². The summed E-state index contributed by atoms with van der Waals surface area (Å²) < 4.78 is 21.7. The first-order chi connectivity index (χ1) is 15.1. The van der Waals surface area contributed by atoms with E-state index in [-0.39, 0.29) is 33.9 Å². The van der Waals surface area contributed by atoms with Crippen LogP contribution in [0.3, 0.4) is 0 Å². The van der Waals surface area contributed by atoms with E-state index in [1.165, 1.54) is 17.0 Å². The van der Waals surface area contributed by atoms with Crippen LogP contribution in [0.1, 0.15) is 42.5 Å². The number of nitrogens with zero attached hydrogens (tertiary/aromatic N) is 3. The molecule has 4 rings (SSSR count). The molecule has 7 nitrogen and oxygen atoms in total. The quantitative estimate of drug-likeness (QED) is 0.540. The van der Waals surface area contributed by atoms with Crippen molar-refractivity contribution < 1.29 is 18.7 Å². The summed E-state index contributed by atoms with van der Waals surface area (Å²) in [5.74, 6) is -0.687. The smallest absolute Gasteiger partial charge is 0.268 e. The molecule has 1 aliphatic rings. The van der Waals surface area contributed by atoms with Gasteiger partial charge in [0.05, 0.1) is 33.1 Å². The number of benzene rings is 1. The van der Waals surface area contributed by atoms with Gasteiger partial charge in [-0.2, -0.15) is 0 Å². The zero-order chi connectivity index (χ0) is 23.3. The van der Waals surface area contributed by atoms with Gasteiger partial charge in [-0.15, -0.1) is 0 Å². The average molecular weight is 524 g/mol. The minimum atomic E-state index is -0.765. The zero-order valence-electron chi connectivity index (χ0n) is 17.9. The lowest BCUT2D eigenvalue weighted by molar-refractivity contribution is -0.125. The first-order valence-corrected chi connectivity index (χ1v) is 11.2. The van der Waals surface area contributed by atoms with E-state index in [0.717, 1.165) is 0 Å². The van der Waals surface area contributed by atoms with Crippen molar-refractivity contribution in [1.82, 2.24) is 14.7 Å².